The van der Waals surface area contributed by atoms with E-state index in [1.165, 1.54) is 6.08 Å². The first-order chi connectivity index (χ1) is 13.3. The van der Waals surface area contributed by atoms with Gasteiger partial charge in [-0.05, 0) is 12.1 Å². The molecule has 146 valence electrons. The summed E-state index contributed by atoms with van der Waals surface area (Å²) in [6, 6.07) is 1.97. The van der Waals surface area contributed by atoms with Crippen LogP contribution in [-0.2, 0) is 11.8 Å². The van der Waals surface area contributed by atoms with E-state index in [9.17, 15) is 4.79 Å². The van der Waals surface area contributed by atoms with Crippen molar-refractivity contribution in [3.8, 4) is 17.1 Å². The Morgan fingerprint density at radius 3 is 2.82 bits per heavy atom. The number of rotatable bonds is 5. The van der Waals surface area contributed by atoms with Crippen LogP contribution in [0.2, 0.25) is 0 Å². The molecule has 0 aromatic carbocycles. The predicted molar refractivity (Wildman–Crippen MR) is 105 cm³/mol. The summed E-state index contributed by atoms with van der Waals surface area (Å²) in [5.74, 6) is 0.458. The van der Waals surface area contributed by atoms with Gasteiger partial charge in [-0.1, -0.05) is 20.4 Å². The third-order valence-corrected chi connectivity index (χ3v) is 5.73. The van der Waals surface area contributed by atoms with Crippen molar-refractivity contribution >= 4 is 11.4 Å². The summed E-state index contributed by atoms with van der Waals surface area (Å²) < 4.78 is 9.84. The van der Waals surface area contributed by atoms with Gasteiger partial charge in [0.05, 0.1) is 24.3 Å². The molecule has 0 bridgehead atoms. The minimum absolute atomic E-state index is 0.0621. The second-order valence-corrected chi connectivity index (χ2v) is 7.83. The van der Waals surface area contributed by atoms with E-state index in [1.54, 1.807) is 26.5 Å². The molecule has 0 aliphatic heterocycles. The summed E-state index contributed by atoms with van der Waals surface area (Å²) in [7, 11) is 3.68. The normalized spacial score (nSPS) is 20.6. The van der Waals surface area contributed by atoms with Crippen molar-refractivity contribution in [1.29, 1.82) is 0 Å². The van der Waals surface area contributed by atoms with Gasteiger partial charge in [0.25, 0.3) is 0 Å². The number of aryl methyl sites for hydroxylation is 1. The summed E-state index contributed by atoms with van der Waals surface area (Å²) >= 11 is 0. The molecule has 1 amide bonds. The van der Waals surface area contributed by atoms with Crippen molar-refractivity contribution in [3.63, 3.8) is 0 Å². The average molecular weight is 380 g/mol. The van der Waals surface area contributed by atoms with Crippen LogP contribution in [0.25, 0.3) is 16.8 Å². The first-order valence-electron chi connectivity index (χ1n) is 9.20. The molecule has 1 fully saturated rings. The molecular formula is C20H24N6O2. The first kappa shape index (κ1) is 18.2. The number of nitrogens with zero attached hydrogens (tertiary/aromatic N) is 6. The summed E-state index contributed by atoms with van der Waals surface area (Å²) in [6.45, 7) is 7.79. The number of fused-ring (bicyclic) bond motifs is 1. The second kappa shape index (κ2) is 6.47. The molecule has 8 heteroatoms. The monoisotopic (exact) mass is 380 g/mol. The van der Waals surface area contributed by atoms with Gasteiger partial charge in [0.1, 0.15) is 11.6 Å². The Bertz CT molecular complexity index is 1050. The number of likely N-dealkylation sites (N-methyl/N-ethyl adjacent to an activating group) is 1. The Hall–Kier alpha value is -3.16. The van der Waals surface area contributed by atoms with E-state index in [4.69, 9.17) is 9.72 Å². The fraction of sp³-hybridized carbons (Fsp3) is 0.400. The van der Waals surface area contributed by atoms with Crippen LogP contribution < -0.4 is 4.74 Å². The van der Waals surface area contributed by atoms with Crippen molar-refractivity contribution in [2.45, 2.75) is 32.4 Å². The van der Waals surface area contributed by atoms with Crippen molar-refractivity contribution < 1.29 is 9.53 Å². The lowest BCUT2D eigenvalue weighted by Gasteiger charge is -2.54. The molecule has 0 radical (unpaired) electrons. The van der Waals surface area contributed by atoms with Gasteiger partial charge >= 0.3 is 0 Å². The molecule has 3 aromatic heterocycles. The van der Waals surface area contributed by atoms with Gasteiger partial charge in [0, 0.05) is 43.7 Å². The number of hydrogen-bond acceptors (Lipinski definition) is 5. The number of carbonyl (C=O) groups excluding carboxylic acids is 1. The van der Waals surface area contributed by atoms with Crippen molar-refractivity contribution in [2.24, 2.45) is 12.5 Å². The quantitative estimate of drug-likeness (QED) is 0.635. The van der Waals surface area contributed by atoms with Gasteiger partial charge in [0.2, 0.25) is 11.8 Å². The maximum Gasteiger partial charge on any atom is 0.245 e. The highest BCUT2D eigenvalue weighted by Crippen LogP contribution is 2.46. The molecule has 0 N–H and O–H groups in total. The van der Waals surface area contributed by atoms with Crippen LogP contribution in [0.15, 0.2) is 43.5 Å². The largest absolute Gasteiger partial charge is 0.472 e. The summed E-state index contributed by atoms with van der Waals surface area (Å²) in [5.41, 5.74) is 2.23. The first-order valence-corrected chi connectivity index (χ1v) is 9.20. The third-order valence-electron chi connectivity index (χ3n) is 5.73. The molecule has 3 heterocycles. The highest BCUT2D eigenvalue weighted by molar-refractivity contribution is 5.87. The summed E-state index contributed by atoms with van der Waals surface area (Å²) in [5, 5.41) is 8.56. The fourth-order valence-corrected chi connectivity index (χ4v) is 3.83. The Balaban J connectivity index is 1.63. The van der Waals surface area contributed by atoms with E-state index in [1.807, 2.05) is 32.6 Å². The zero-order valence-electron chi connectivity index (χ0n) is 16.5. The van der Waals surface area contributed by atoms with Gasteiger partial charge in [-0.3, -0.25) is 9.48 Å². The molecular weight excluding hydrogens is 356 g/mol. The lowest BCUT2D eigenvalue weighted by molar-refractivity contribution is -0.144. The fourth-order valence-electron chi connectivity index (χ4n) is 3.83. The number of aromatic nitrogens is 5. The minimum Gasteiger partial charge on any atom is -0.472 e. The Kier molecular flexibility index (Phi) is 4.21. The van der Waals surface area contributed by atoms with Crippen molar-refractivity contribution in [1.82, 2.24) is 29.3 Å². The van der Waals surface area contributed by atoms with E-state index in [0.29, 0.717) is 5.88 Å². The zero-order chi connectivity index (χ0) is 20.1. The predicted octanol–water partition coefficient (Wildman–Crippen LogP) is 2.32. The van der Waals surface area contributed by atoms with Crippen LogP contribution in [0.1, 0.15) is 20.3 Å². The second-order valence-electron chi connectivity index (χ2n) is 7.83. The highest BCUT2D eigenvalue weighted by Gasteiger charge is 2.53. The van der Waals surface area contributed by atoms with E-state index in [2.05, 4.69) is 30.6 Å². The smallest absolute Gasteiger partial charge is 0.245 e. The van der Waals surface area contributed by atoms with Crippen molar-refractivity contribution in [2.75, 3.05) is 7.05 Å². The minimum atomic E-state index is -0.212. The lowest BCUT2D eigenvalue weighted by atomic mass is 9.64. The maximum absolute atomic E-state index is 12.0. The van der Waals surface area contributed by atoms with Crippen LogP contribution >= 0.6 is 0 Å². The SMILES string of the molecule is C=CC(=O)N(C)[C@@H]1C[C@@H](Oc2nc(-c3cnn(C)c3)cn3nccc23)C1(C)C. The number of hydrogen-bond donors (Lipinski definition) is 0. The van der Waals surface area contributed by atoms with Crippen LogP contribution in [0, 0.1) is 5.41 Å². The van der Waals surface area contributed by atoms with Gasteiger partial charge in [-0.15, -0.1) is 0 Å². The summed E-state index contributed by atoms with van der Waals surface area (Å²) in [6.07, 6.45) is 9.28. The van der Waals surface area contributed by atoms with E-state index in [0.717, 1.165) is 23.2 Å². The number of carbonyl (C=O) groups is 1. The molecule has 28 heavy (non-hydrogen) atoms. The van der Waals surface area contributed by atoms with Gasteiger partial charge in [0.15, 0.2) is 0 Å². The molecule has 0 unspecified atom stereocenters. The Labute approximate surface area is 163 Å². The molecule has 0 saturated heterocycles. The molecule has 2 atom stereocenters. The molecule has 8 nitrogen and oxygen atoms in total. The Morgan fingerprint density at radius 2 is 2.18 bits per heavy atom. The van der Waals surface area contributed by atoms with Gasteiger partial charge in [-0.25, -0.2) is 9.50 Å². The molecule has 1 aliphatic rings. The van der Waals surface area contributed by atoms with Crippen molar-refractivity contribution in [3.05, 3.63) is 43.5 Å². The van der Waals surface area contributed by atoms with Crippen LogP contribution in [0.5, 0.6) is 5.88 Å². The van der Waals surface area contributed by atoms with Gasteiger partial charge < -0.3 is 9.64 Å². The van der Waals surface area contributed by atoms with E-state index in [-0.39, 0.29) is 23.5 Å². The van der Waals surface area contributed by atoms with E-state index < -0.39 is 0 Å². The molecule has 3 aromatic rings. The number of ether oxygens (including phenoxy) is 1. The van der Waals surface area contributed by atoms with Gasteiger partial charge in [-0.2, -0.15) is 10.2 Å². The van der Waals surface area contributed by atoms with Crippen LogP contribution in [-0.4, -0.2) is 54.4 Å². The molecule has 1 saturated carbocycles. The molecule has 4 rings (SSSR count). The van der Waals surface area contributed by atoms with Crippen LogP contribution in [0.3, 0.4) is 0 Å². The number of amides is 1. The third kappa shape index (κ3) is 2.85. The standard InChI is InChI=1S/C20H24N6O2/c1-6-18(27)25(5)16-9-17(20(16,2)3)28-19-15-7-8-21-26(15)12-14(23-19)13-10-22-24(4)11-13/h6-8,10-12,16-17H,1,9H2,2-5H3/t16-,17-/m1/s1. The molecule has 1 aliphatic carbocycles. The van der Waals surface area contributed by atoms with E-state index >= 15 is 0 Å². The summed E-state index contributed by atoms with van der Waals surface area (Å²) in [4.78, 5) is 18.4. The maximum atomic E-state index is 12.0. The molecule has 0 spiro atoms. The Morgan fingerprint density at radius 1 is 1.39 bits per heavy atom. The highest BCUT2D eigenvalue weighted by atomic mass is 16.5. The zero-order valence-corrected chi connectivity index (χ0v) is 16.5. The van der Waals surface area contributed by atoms with Crippen LogP contribution in [0.4, 0.5) is 0 Å². The average Bonchev–Trinajstić information content (AvgIpc) is 3.32. The topological polar surface area (TPSA) is 77.6 Å². The lowest BCUT2D eigenvalue weighted by Crippen LogP contribution is -2.63.